The minimum Gasteiger partial charge on any atom is -0.476 e. The van der Waals surface area contributed by atoms with Gasteiger partial charge in [-0.15, -0.1) is 0 Å². The lowest BCUT2D eigenvalue weighted by Crippen LogP contribution is -2.03. The number of carboxylic acids is 1. The van der Waals surface area contributed by atoms with Gasteiger partial charge >= 0.3 is 5.97 Å². The van der Waals surface area contributed by atoms with Gasteiger partial charge in [0.2, 0.25) is 0 Å². The van der Waals surface area contributed by atoms with Crippen LogP contribution in [0.1, 0.15) is 16.1 Å². The monoisotopic (exact) mass is 192 g/mol. The van der Waals surface area contributed by atoms with Crippen LogP contribution in [-0.2, 0) is 6.54 Å². The van der Waals surface area contributed by atoms with Gasteiger partial charge in [0.25, 0.3) is 0 Å². The molecule has 0 aliphatic carbocycles. The Hall–Kier alpha value is -2.11. The van der Waals surface area contributed by atoms with Gasteiger partial charge < -0.3 is 5.11 Å². The van der Waals surface area contributed by atoms with Crippen molar-refractivity contribution in [2.24, 2.45) is 0 Å². The number of nitrogens with zero attached hydrogens (tertiary/aromatic N) is 3. The Morgan fingerprint density at radius 2 is 2.50 bits per heavy atom. The highest BCUT2D eigenvalue weighted by Gasteiger charge is 2.06. The average Bonchev–Trinajstić information content (AvgIpc) is 2.75. The molecule has 0 atom stereocenters. The Morgan fingerprint density at radius 1 is 1.64 bits per heavy atom. The first-order valence-corrected chi connectivity index (χ1v) is 4.00. The number of hydrogen-bond acceptors (Lipinski definition) is 3. The Morgan fingerprint density at radius 3 is 3.07 bits per heavy atom. The lowest BCUT2D eigenvalue weighted by atomic mass is 10.4. The Kier molecular flexibility index (Phi) is 2.02. The van der Waals surface area contributed by atoms with Gasteiger partial charge in [-0.05, 0) is 6.07 Å². The van der Waals surface area contributed by atoms with Crippen LogP contribution in [0.3, 0.4) is 0 Å². The molecule has 2 rings (SSSR count). The summed E-state index contributed by atoms with van der Waals surface area (Å²) in [4.78, 5) is 10.5. The van der Waals surface area contributed by atoms with Crippen molar-refractivity contribution in [3.63, 3.8) is 0 Å². The number of nitrogens with one attached hydrogen (secondary N) is 1. The number of carboxylic acid groups (broad SMARTS) is 1. The Labute approximate surface area is 79.2 Å². The van der Waals surface area contributed by atoms with Crippen LogP contribution in [0.4, 0.5) is 0 Å². The quantitative estimate of drug-likeness (QED) is 0.735. The van der Waals surface area contributed by atoms with Crippen molar-refractivity contribution in [3.8, 4) is 0 Å². The van der Waals surface area contributed by atoms with Crippen molar-refractivity contribution in [3.05, 3.63) is 35.9 Å². The zero-order chi connectivity index (χ0) is 9.97. The summed E-state index contributed by atoms with van der Waals surface area (Å²) in [5.41, 5.74) is 0.999. The zero-order valence-electron chi connectivity index (χ0n) is 7.21. The molecule has 0 bridgehead atoms. The van der Waals surface area contributed by atoms with Crippen molar-refractivity contribution >= 4 is 5.97 Å². The number of carbonyl (C=O) groups is 1. The smallest absolute Gasteiger partial charge is 0.356 e. The van der Waals surface area contributed by atoms with E-state index in [1.54, 1.807) is 23.3 Å². The molecule has 72 valence electrons. The van der Waals surface area contributed by atoms with Crippen LogP contribution in [0, 0.1) is 0 Å². The minimum absolute atomic E-state index is 0.0495. The number of aromatic amines is 1. The molecule has 6 heteroatoms. The largest absolute Gasteiger partial charge is 0.476 e. The lowest BCUT2D eigenvalue weighted by molar-refractivity contribution is 0.0689. The summed E-state index contributed by atoms with van der Waals surface area (Å²) in [6.07, 6.45) is 5.03. The molecule has 0 aromatic carbocycles. The van der Waals surface area contributed by atoms with Crippen molar-refractivity contribution in [2.45, 2.75) is 6.54 Å². The SMILES string of the molecule is O=C(O)c1ccn(Cc2cn[nH]c2)n1. The molecule has 0 aliphatic rings. The summed E-state index contributed by atoms with van der Waals surface area (Å²) in [5.74, 6) is -1.02. The molecule has 0 amide bonds. The maximum Gasteiger partial charge on any atom is 0.356 e. The molecule has 0 unspecified atom stereocenters. The summed E-state index contributed by atoms with van der Waals surface area (Å²) in [5, 5.41) is 18.9. The van der Waals surface area contributed by atoms with Gasteiger partial charge in [-0.25, -0.2) is 4.79 Å². The van der Waals surface area contributed by atoms with E-state index in [-0.39, 0.29) is 5.69 Å². The molecule has 2 aromatic rings. The third kappa shape index (κ3) is 1.63. The molecule has 0 saturated carbocycles. The van der Waals surface area contributed by atoms with Crippen LogP contribution in [-0.4, -0.2) is 31.1 Å². The number of hydrogen-bond donors (Lipinski definition) is 2. The van der Waals surface area contributed by atoms with Gasteiger partial charge in [-0.1, -0.05) is 0 Å². The summed E-state index contributed by atoms with van der Waals surface area (Å²) in [6.45, 7) is 0.518. The third-order valence-corrected chi connectivity index (χ3v) is 1.76. The van der Waals surface area contributed by atoms with Crippen LogP contribution in [0.25, 0.3) is 0 Å². The molecule has 2 heterocycles. The van der Waals surface area contributed by atoms with E-state index in [2.05, 4.69) is 15.3 Å². The van der Waals surface area contributed by atoms with Crippen molar-refractivity contribution in [1.82, 2.24) is 20.0 Å². The third-order valence-electron chi connectivity index (χ3n) is 1.76. The molecule has 0 aliphatic heterocycles. The van der Waals surface area contributed by atoms with Crippen LogP contribution < -0.4 is 0 Å². The molecule has 0 saturated heterocycles. The number of aromatic nitrogens is 4. The van der Waals surface area contributed by atoms with Gasteiger partial charge in [0.1, 0.15) is 0 Å². The molecular formula is C8H8N4O2. The molecular weight excluding hydrogens is 184 g/mol. The first-order valence-electron chi connectivity index (χ1n) is 4.00. The highest BCUT2D eigenvalue weighted by atomic mass is 16.4. The molecule has 2 N–H and O–H groups in total. The molecule has 14 heavy (non-hydrogen) atoms. The number of aromatic carboxylic acids is 1. The van der Waals surface area contributed by atoms with E-state index in [0.29, 0.717) is 6.54 Å². The van der Waals surface area contributed by atoms with E-state index in [9.17, 15) is 4.79 Å². The second-order valence-corrected chi connectivity index (χ2v) is 2.81. The lowest BCUT2D eigenvalue weighted by Gasteiger charge is -1.95. The standard InChI is InChI=1S/C8H8N4O2/c13-8(14)7-1-2-12(11-7)5-6-3-9-10-4-6/h1-4H,5H2,(H,9,10)(H,13,14). The van der Waals surface area contributed by atoms with E-state index >= 15 is 0 Å². The van der Waals surface area contributed by atoms with E-state index in [1.807, 2.05) is 0 Å². The summed E-state index contributed by atoms with van der Waals surface area (Å²) in [6, 6.07) is 1.46. The van der Waals surface area contributed by atoms with Gasteiger partial charge in [0.15, 0.2) is 5.69 Å². The van der Waals surface area contributed by atoms with E-state index in [1.165, 1.54) is 6.07 Å². The normalized spacial score (nSPS) is 10.3. The Balaban J connectivity index is 2.14. The van der Waals surface area contributed by atoms with Crippen LogP contribution in [0.5, 0.6) is 0 Å². The van der Waals surface area contributed by atoms with Crippen LogP contribution >= 0.6 is 0 Å². The first kappa shape index (κ1) is 8.49. The highest BCUT2D eigenvalue weighted by molar-refractivity contribution is 5.85. The fourth-order valence-electron chi connectivity index (χ4n) is 1.11. The second-order valence-electron chi connectivity index (χ2n) is 2.81. The zero-order valence-corrected chi connectivity index (χ0v) is 7.21. The fourth-order valence-corrected chi connectivity index (χ4v) is 1.11. The average molecular weight is 192 g/mol. The van der Waals surface area contributed by atoms with Gasteiger partial charge in [0.05, 0.1) is 12.7 Å². The highest BCUT2D eigenvalue weighted by Crippen LogP contribution is 2.00. The first-order chi connectivity index (χ1) is 6.75. The Bertz CT molecular complexity index is 432. The molecule has 0 fully saturated rings. The molecule has 0 spiro atoms. The fraction of sp³-hybridized carbons (Fsp3) is 0.125. The summed E-state index contributed by atoms with van der Waals surface area (Å²) < 4.78 is 1.55. The molecule has 6 nitrogen and oxygen atoms in total. The van der Waals surface area contributed by atoms with Crippen LogP contribution in [0.15, 0.2) is 24.7 Å². The van der Waals surface area contributed by atoms with Crippen molar-refractivity contribution < 1.29 is 9.90 Å². The second kappa shape index (κ2) is 3.33. The van der Waals surface area contributed by atoms with Gasteiger partial charge in [0, 0.05) is 18.0 Å². The maximum absolute atomic E-state index is 10.5. The number of rotatable bonds is 3. The minimum atomic E-state index is -1.02. The number of H-pyrrole nitrogens is 1. The van der Waals surface area contributed by atoms with Crippen LogP contribution in [0.2, 0.25) is 0 Å². The summed E-state index contributed by atoms with van der Waals surface area (Å²) in [7, 11) is 0. The molecule has 0 radical (unpaired) electrons. The predicted octanol–water partition coefficient (Wildman–Crippen LogP) is 0.353. The van der Waals surface area contributed by atoms with E-state index in [4.69, 9.17) is 5.11 Å². The maximum atomic E-state index is 10.5. The topological polar surface area (TPSA) is 83.8 Å². The van der Waals surface area contributed by atoms with Crippen molar-refractivity contribution in [1.29, 1.82) is 0 Å². The van der Waals surface area contributed by atoms with Gasteiger partial charge in [-0.3, -0.25) is 9.78 Å². The van der Waals surface area contributed by atoms with E-state index < -0.39 is 5.97 Å². The summed E-state index contributed by atoms with van der Waals surface area (Å²) >= 11 is 0. The van der Waals surface area contributed by atoms with E-state index in [0.717, 1.165) is 5.56 Å². The predicted molar refractivity (Wildman–Crippen MR) is 46.9 cm³/mol. The van der Waals surface area contributed by atoms with Gasteiger partial charge in [-0.2, -0.15) is 10.2 Å². The molecule has 2 aromatic heterocycles. The van der Waals surface area contributed by atoms with Crippen molar-refractivity contribution in [2.75, 3.05) is 0 Å².